The van der Waals surface area contributed by atoms with Crippen molar-refractivity contribution < 1.29 is 9.53 Å². The lowest BCUT2D eigenvalue weighted by molar-refractivity contribution is -0.121. The summed E-state index contributed by atoms with van der Waals surface area (Å²) in [5.74, 6) is 0.153. The number of hydrogen-bond donors (Lipinski definition) is 1. The van der Waals surface area contributed by atoms with Gasteiger partial charge in [0.05, 0.1) is 0 Å². The molecule has 26 heavy (non-hydrogen) atoms. The van der Waals surface area contributed by atoms with E-state index in [-0.39, 0.29) is 10.7 Å². The quantitative estimate of drug-likeness (QED) is 0.746. The van der Waals surface area contributed by atoms with Crippen molar-refractivity contribution in [2.75, 3.05) is 19.8 Å². The van der Waals surface area contributed by atoms with Crippen molar-refractivity contribution in [3.05, 3.63) is 66.2 Å². The number of carbonyl (C=O) groups is 1. The van der Waals surface area contributed by atoms with Gasteiger partial charge in [-0.05, 0) is 43.4 Å². The molecule has 0 bridgehead atoms. The van der Waals surface area contributed by atoms with E-state index in [9.17, 15) is 4.79 Å². The fraction of sp³-hybridized carbons (Fsp3) is 0.409. The zero-order valence-electron chi connectivity index (χ0n) is 15.2. The molecule has 1 saturated heterocycles. The number of carbonyl (C=O) groups excluding carboxylic acids is 1. The molecular formula is C22H27NO2S. The normalized spacial score (nSPS) is 16.2. The van der Waals surface area contributed by atoms with Crippen LogP contribution in [-0.4, -0.2) is 30.4 Å². The van der Waals surface area contributed by atoms with Gasteiger partial charge in [0.15, 0.2) is 0 Å². The number of benzene rings is 2. The second-order valence-electron chi connectivity index (χ2n) is 6.83. The first-order valence-electron chi connectivity index (χ1n) is 9.38. The molecule has 1 N–H and O–H groups in total. The largest absolute Gasteiger partial charge is 0.381 e. The Morgan fingerprint density at radius 3 is 2.35 bits per heavy atom. The van der Waals surface area contributed by atoms with E-state index in [0.717, 1.165) is 38.9 Å². The molecule has 0 aliphatic carbocycles. The van der Waals surface area contributed by atoms with Crippen molar-refractivity contribution >= 4 is 17.7 Å². The standard InChI is InChI=1S/C22H27NO2S/c24-21(13-7-10-19-8-3-1-4-9-19)23-18-22(14-16-25-17-15-22)26-20-11-5-2-6-12-20/h1-6,8-9,11-12H,7,10,13-18H2,(H,23,24). The van der Waals surface area contributed by atoms with Gasteiger partial charge in [-0.1, -0.05) is 48.5 Å². The lowest BCUT2D eigenvalue weighted by Crippen LogP contribution is -2.44. The molecule has 2 aromatic carbocycles. The van der Waals surface area contributed by atoms with Crippen LogP contribution in [0, 0.1) is 0 Å². The molecule has 0 radical (unpaired) electrons. The molecule has 4 heteroatoms. The van der Waals surface area contributed by atoms with Gasteiger partial charge in [-0.25, -0.2) is 0 Å². The third-order valence-electron chi connectivity index (χ3n) is 4.80. The van der Waals surface area contributed by atoms with Gasteiger partial charge in [0.25, 0.3) is 0 Å². The van der Waals surface area contributed by atoms with Crippen LogP contribution < -0.4 is 5.32 Å². The van der Waals surface area contributed by atoms with Gasteiger partial charge in [0.1, 0.15) is 0 Å². The van der Waals surface area contributed by atoms with E-state index in [4.69, 9.17) is 4.74 Å². The minimum absolute atomic E-state index is 0.0364. The van der Waals surface area contributed by atoms with Crippen molar-refractivity contribution in [3.8, 4) is 0 Å². The van der Waals surface area contributed by atoms with E-state index >= 15 is 0 Å². The topological polar surface area (TPSA) is 38.3 Å². The van der Waals surface area contributed by atoms with Crippen molar-refractivity contribution in [1.29, 1.82) is 0 Å². The Morgan fingerprint density at radius 2 is 1.65 bits per heavy atom. The molecule has 0 spiro atoms. The highest BCUT2D eigenvalue weighted by Gasteiger charge is 2.34. The molecule has 0 saturated carbocycles. The number of hydrogen-bond acceptors (Lipinski definition) is 3. The summed E-state index contributed by atoms with van der Waals surface area (Å²) in [6.07, 6.45) is 4.36. The Hall–Kier alpha value is -1.78. The fourth-order valence-electron chi connectivity index (χ4n) is 3.24. The first kappa shape index (κ1) is 19.0. The second-order valence-corrected chi connectivity index (χ2v) is 8.37. The molecule has 1 aliphatic rings. The van der Waals surface area contributed by atoms with E-state index in [2.05, 4.69) is 41.7 Å². The average molecular weight is 370 g/mol. The van der Waals surface area contributed by atoms with Crippen LogP contribution in [0.3, 0.4) is 0 Å². The number of amides is 1. The van der Waals surface area contributed by atoms with Crippen LogP contribution in [0.15, 0.2) is 65.6 Å². The fourth-order valence-corrected chi connectivity index (χ4v) is 4.55. The van der Waals surface area contributed by atoms with Gasteiger partial charge in [0, 0.05) is 35.8 Å². The molecule has 1 amide bonds. The van der Waals surface area contributed by atoms with Gasteiger partial charge in [-0.15, -0.1) is 11.8 Å². The van der Waals surface area contributed by atoms with Crippen molar-refractivity contribution in [2.24, 2.45) is 0 Å². The van der Waals surface area contributed by atoms with Gasteiger partial charge in [0.2, 0.25) is 5.91 Å². The van der Waals surface area contributed by atoms with Crippen LogP contribution in [0.2, 0.25) is 0 Å². The Kier molecular flexibility index (Phi) is 7.15. The molecule has 2 aromatic rings. The van der Waals surface area contributed by atoms with Crippen LogP contribution in [0.5, 0.6) is 0 Å². The van der Waals surface area contributed by atoms with E-state index in [0.29, 0.717) is 13.0 Å². The highest BCUT2D eigenvalue weighted by molar-refractivity contribution is 8.00. The average Bonchev–Trinajstić information content (AvgIpc) is 2.69. The van der Waals surface area contributed by atoms with Crippen LogP contribution in [0.1, 0.15) is 31.2 Å². The minimum atomic E-state index is 0.0364. The minimum Gasteiger partial charge on any atom is -0.381 e. The summed E-state index contributed by atoms with van der Waals surface area (Å²) in [6, 6.07) is 20.8. The van der Waals surface area contributed by atoms with Crippen molar-refractivity contribution in [3.63, 3.8) is 0 Å². The van der Waals surface area contributed by atoms with Crippen LogP contribution in [0.25, 0.3) is 0 Å². The van der Waals surface area contributed by atoms with Crippen molar-refractivity contribution in [1.82, 2.24) is 5.32 Å². The zero-order chi connectivity index (χ0) is 18.1. The predicted molar refractivity (Wildman–Crippen MR) is 107 cm³/mol. The monoisotopic (exact) mass is 369 g/mol. The van der Waals surface area contributed by atoms with E-state index in [1.807, 2.05) is 36.0 Å². The van der Waals surface area contributed by atoms with E-state index in [1.54, 1.807) is 0 Å². The molecule has 138 valence electrons. The van der Waals surface area contributed by atoms with E-state index < -0.39 is 0 Å². The molecule has 3 nitrogen and oxygen atoms in total. The molecular weight excluding hydrogens is 342 g/mol. The van der Waals surface area contributed by atoms with Crippen LogP contribution >= 0.6 is 11.8 Å². The summed E-state index contributed by atoms with van der Waals surface area (Å²) in [5.41, 5.74) is 1.29. The molecule has 0 aromatic heterocycles. The van der Waals surface area contributed by atoms with Gasteiger partial charge < -0.3 is 10.1 Å². The summed E-state index contributed by atoms with van der Waals surface area (Å²) in [7, 11) is 0. The lowest BCUT2D eigenvalue weighted by Gasteiger charge is -2.36. The first-order valence-corrected chi connectivity index (χ1v) is 10.2. The Balaban J connectivity index is 1.48. The highest BCUT2D eigenvalue weighted by Crippen LogP contribution is 2.40. The molecule has 1 fully saturated rings. The summed E-state index contributed by atoms with van der Waals surface area (Å²) in [6.45, 7) is 2.24. The number of thioether (sulfide) groups is 1. The maximum absolute atomic E-state index is 12.3. The summed E-state index contributed by atoms with van der Waals surface area (Å²) < 4.78 is 5.59. The smallest absolute Gasteiger partial charge is 0.220 e. The van der Waals surface area contributed by atoms with E-state index in [1.165, 1.54) is 10.5 Å². The van der Waals surface area contributed by atoms with Crippen molar-refractivity contribution in [2.45, 2.75) is 41.7 Å². The van der Waals surface area contributed by atoms with Gasteiger partial charge >= 0.3 is 0 Å². The molecule has 0 unspecified atom stereocenters. The highest BCUT2D eigenvalue weighted by atomic mass is 32.2. The third-order valence-corrected chi connectivity index (χ3v) is 6.29. The number of aryl methyl sites for hydroxylation is 1. The first-order chi connectivity index (χ1) is 12.8. The molecule has 1 aliphatic heterocycles. The maximum Gasteiger partial charge on any atom is 0.220 e. The molecule has 3 rings (SSSR count). The molecule has 1 heterocycles. The lowest BCUT2D eigenvalue weighted by atomic mass is 9.99. The van der Waals surface area contributed by atoms with Gasteiger partial charge in [-0.2, -0.15) is 0 Å². The number of ether oxygens (including phenoxy) is 1. The Morgan fingerprint density at radius 1 is 1.00 bits per heavy atom. The summed E-state index contributed by atoms with van der Waals surface area (Å²) >= 11 is 1.88. The Labute approximate surface area is 160 Å². The SMILES string of the molecule is O=C(CCCc1ccccc1)NCC1(Sc2ccccc2)CCOCC1. The summed E-state index contributed by atoms with van der Waals surface area (Å²) in [4.78, 5) is 13.6. The predicted octanol–water partition coefficient (Wildman–Crippen LogP) is 4.47. The van der Waals surface area contributed by atoms with Gasteiger partial charge in [-0.3, -0.25) is 4.79 Å². The van der Waals surface area contributed by atoms with Crippen LogP contribution in [0.4, 0.5) is 0 Å². The zero-order valence-corrected chi connectivity index (χ0v) is 16.0. The number of nitrogens with one attached hydrogen (secondary N) is 1. The maximum atomic E-state index is 12.3. The van der Waals surface area contributed by atoms with Crippen LogP contribution in [-0.2, 0) is 16.0 Å². The third kappa shape index (κ3) is 5.89. The number of rotatable bonds is 8. The summed E-state index contributed by atoms with van der Waals surface area (Å²) in [5, 5.41) is 3.18. The Bertz CT molecular complexity index is 669. The second kappa shape index (κ2) is 9.79. The molecule has 0 atom stereocenters.